The molecule has 0 aromatic heterocycles. The number of methoxy groups -OCH3 is 2. The predicted molar refractivity (Wildman–Crippen MR) is 141 cm³/mol. The number of anilines is 1. The van der Waals surface area contributed by atoms with Crippen LogP contribution in [0.5, 0.6) is 11.5 Å². The van der Waals surface area contributed by atoms with Crippen LogP contribution in [-0.2, 0) is 20.6 Å². The highest BCUT2D eigenvalue weighted by Gasteiger charge is 2.28. The SMILES string of the molecule is COc1ccc(S(=O)(=O)N(CC(=O)NCCSCc2cccc(Cl)c2)c2ccc(F)cc2)cc1OC. The molecule has 0 aliphatic rings. The fraction of sp³-hybridized carbons (Fsp3) is 0.240. The fourth-order valence-electron chi connectivity index (χ4n) is 3.29. The summed E-state index contributed by atoms with van der Waals surface area (Å²) in [7, 11) is -1.37. The van der Waals surface area contributed by atoms with Gasteiger partial charge in [0.1, 0.15) is 12.4 Å². The number of thioether (sulfide) groups is 1. The van der Waals surface area contributed by atoms with E-state index in [2.05, 4.69) is 5.32 Å². The third-order valence-electron chi connectivity index (χ3n) is 5.07. The van der Waals surface area contributed by atoms with Crippen LogP contribution in [-0.4, -0.2) is 47.4 Å². The second-order valence-electron chi connectivity index (χ2n) is 7.54. The molecule has 0 atom stereocenters. The van der Waals surface area contributed by atoms with E-state index < -0.39 is 28.3 Å². The summed E-state index contributed by atoms with van der Waals surface area (Å²) >= 11 is 7.60. The van der Waals surface area contributed by atoms with Gasteiger partial charge < -0.3 is 14.8 Å². The largest absolute Gasteiger partial charge is 0.493 e. The molecule has 192 valence electrons. The third kappa shape index (κ3) is 7.28. The number of nitrogens with zero attached hydrogens (tertiary/aromatic N) is 1. The van der Waals surface area contributed by atoms with Crippen molar-refractivity contribution in [3.05, 3.63) is 83.1 Å². The van der Waals surface area contributed by atoms with E-state index in [0.29, 0.717) is 23.1 Å². The first-order valence-electron chi connectivity index (χ1n) is 10.8. The second kappa shape index (κ2) is 12.8. The summed E-state index contributed by atoms with van der Waals surface area (Å²) in [6, 6.07) is 16.6. The van der Waals surface area contributed by atoms with E-state index in [1.807, 2.05) is 18.2 Å². The lowest BCUT2D eigenvalue weighted by Crippen LogP contribution is -2.41. The number of sulfonamides is 1. The van der Waals surface area contributed by atoms with Gasteiger partial charge in [-0.15, -0.1) is 0 Å². The number of rotatable bonds is 12. The molecule has 0 fully saturated rings. The smallest absolute Gasteiger partial charge is 0.264 e. The van der Waals surface area contributed by atoms with Crippen LogP contribution >= 0.6 is 23.4 Å². The van der Waals surface area contributed by atoms with Gasteiger partial charge in [0.15, 0.2) is 11.5 Å². The topological polar surface area (TPSA) is 84.9 Å². The van der Waals surface area contributed by atoms with Crippen molar-refractivity contribution in [3.8, 4) is 11.5 Å². The quantitative estimate of drug-likeness (QED) is 0.327. The summed E-state index contributed by atoms with van der Waals surface area (Å²) in [5, 5.41) is 3.41. The lowest BCUT2D eigenvalue weighted by molar-refractivity contribution is -0.119. The number of hydrogen-bond donors (Lipinski definition) is 1. The van der Waals surface area contributed by atoms with E-state index in [4.69, 9.17) is 21.1 Å². The van der Waals surface area contributed by atoms with Crippen molar-refractivity contribution in [2.24, 2.45) is 0 Å². The number of carbonyl (C=O) groups is 1. The Kier molecular flexibility index (Phi) is 9.86. The number of ether oxygens (including phenoxy) is 2. The van der Waals surface area contributed by atoms with Crippen molar-refractivity contribution in [2.45, 2.75) is 10.6 Å². The van der Waals surface area contributed by atoms with Gasteiger partial charge in [0.05, 0.1) is 24.8 Å². The van der Waals surface area contributed by atoms with Crippen molar-refractivity contribution in [3.63, 3.8) is 0 Å². The minimum atomic E-state index is -4.20. The number of nitrogens with one attached hydrogen (secondary N) is 1. The Labute approximate surface area is 219 Å². The van der Waals surface area contributed by atoms with Crippen LogP contribution in [0.3, 0.4) is 0 Å². The van der Waals surface area contributed by atoms with Crippen LogP contribution in [0.4, 0.5) is 10.1 Å². The van der Waals surface area contributed by atoms with Gasteiger partial charge in [-0.2, -0.15) is 11.8 Å². The van der Waals surface area contributed by atoms with Gasteiger partial charge in [0.25, 0.3) is 10.0 Å². The van der Waals surface area contributed by atoms with E-state index in [-0.39, 0.29) is 16.3 Å². The molecular weight excluding hydrogens is 527 g/mol. The zero-order chi connectivity index (χ0) is 26.1. The molecule has 3 rings (SSSR count). The predicted octanol–water partition coefficient (Wildman–Crippen LogP) is 4.74. The van der Waals surface area contributed by atoms with Crippen molar-refractivity contribution in [1.82, 2.24) is 5.32 Å². The van der Waals surface area contributed by atoms with Gasteiger partial charge in [0, 0.05) is 29.1 Å². The van der Waals surface area contributed by atoms with Gasteiger partial charge in [-0.25, -0.2) is 12.8 Å². The van der Waals surface area contributed by atoms with E-state index in [9.17, 15) is 17.6 Å². The van der Waals surface area contributed by atoms with Gasteiger partial charge in [0.2, 0.25) is 5.91 Å². The number of halogens is 2. The first-order valence-corrected chi connectivity index (χ1v) is 13.8. The number of amides is 1. The standard InChI is InChI=1S/C25H26ClFN2O5S2/c1-33-23-11-10-22(15-24(23)34-2)36(31,32)29(21-8-6-20(27)7-9-21)16-25(30)28-12-13-35-17-18-4-3-5-19(26)14-18/h3-11,14-15H,12-13,16-17H2,1-2H3,(H,28,30). The van der Waals surface area contributed by atoms with Gasteiger partial charge in [-0.1, -0.05) is 23.7 Å². The van der Waals surface area contributed by atoms with E-state index >= 15 is 0 Å². The van der Waals surface area contributed by atoms with Crippen molar-refractivity contribution >= 4 is 45.0 Å². The highest BCUT2D eigenvalue weighted by Crippen LogP contribution is 2.32. The Morgan fingerprint density at radius 2 is 1.75 bits per heavy atom. The molecule has 0 unspecified atom stereocenters. The summed E-state index contributed by atoms with van der Waals surface area (Å²) in [6.07, 6.45) is 0. The van der Waals surface area contributed by atoms with Gasteiger partial charge in [-0.3, -0.25) is 9.10 Å². The average Bonchev–Trinajstić information content (AvgIpc) is 2.87. The van der Waals surface area contributed by atoms with Crippen molar-refractivity contribution < 1.29 is 27.1 Å². The second-order valence-corrected chi connectivity index (χ2v) is 10.9. The van der Waals surface area contributed by atoms with E-state index in [0.717, 1.165) is 27.8 Å². The van der Waals surface area contributed by atoms with Gasteiger partial charge in [-0.05, 0) is 54.1 Å². The minimum Gasteiger partial charge on any atom is -0.493 e. The third-order valence-corrected chi connectivity index (χ3v) is 8.11. The molecule has 11 heteroatoms. The maximum Gasteiger partial charge on any atom is 0.264 e. The lowest BCUT2D eigenvalue weighted by atomic mass is 10.2. The molecule has 1 amide bonds. The number of carbonyl (C=O) groups excluding carboxylic acids is 1. The Morgan fingerprint density at radius 3 is 2.42 bits per heavy atom. The summed E-state index contributed by atoms with van der Waals surface area (Å²) < 4.78 is 51.9. The summed E-state index contributed by atoms with van der Waals surface area (Å²) in [4.78, 5) is 12.6. The zero-order valence-electron chi connectivity index (χ0n) is 19.7. The molecule has 0 bridgehead atoms. The summed E-state index contributed by atoms with van der Waals surface area (Å²) in [5.74, 6) is 0.912. The molecule has 0 saturated carbocycles. The molecule has 7 nitrogen and oxygen atoms in total. The monoisotopic (exact) mass is 552 g/mol. The Morgan fingerprint density at radius 1 is 1.03 bits per heavy atom. The van der Waals surface area contributed by atoms with Crippen LogP contribution < -0.4 is 19.1 Å². The molecule has 0 spiro atoms. The molecule has 0 heterocycles. The first kappa shape index (κ1) is 27.6. The molecule has 0 radical (unpaired) electrons. The number of benzene rings is 3. The first-order chi connectivity index (χ1) is 17.2. The molecule has 1 N–H and O–H groups in total. The van der Waals surface area contributed by atoms with Gasteiger partial charge >= 0.3 is 0 Å². The zero-order valence-corrected chi connectivity index (χ0v) is 22.1. The summed E-state index contributed by atoms with van der Waals surface area (Å²) in [6.45, 7) is -0.140. The highest BCUT2D eigenvalue weighted by molar-refractivity contribution is 7.98. The molecule has 3 aromatic carbocycles. The molecular formula is C25H26ClFN2O5S2. The molecule has 0 aliphatic heterocycles. The van der Waals surface area contributed by atoms with E-state index in [1.165, 1.54) is 44.6 Å². The lowest BCUT2D eigenvalue weighted by Gasteiger charge is -2.24. The number of hydrogen-bond acceptors (Lipinski definition) is 6. The summed E-state index contributed by atoms with van der Waals surface area (Å²) in [5.41, 5.74) is 1.22. The van der Waals surface area contributed by atoms with Crippen LogP contribution in [0, 0.1) is 5.82 Å². The van der Waals surface area contributed by atoms with Crippen LogP contribution in [0.1, 0.15) is 5.56 Å². The molecule has 36 heavy (non-hydrogen) atoms. The normalized spacial score (nSPS) is 11.1. The van der Waals surface area contributed by atoms with Crippen LogP contribution in [0.25, 0.3) is 0 Å². The van der Waals surface area contributed by atoms with E-state index in [1.54, 1.807) is 17.8 Å². The minimum absolute atomic E-state index is 0.102. The molecule has 0 saturated heterocycles. The Bertz CT molecular complexity index is 1290. The average molecular weight is 553 g/mol. The van der Waals surface area contributed by atoms with Crippen LogP contribution in [0.15, 0.2) is 71.6 Å². The highest BCUT2D eigenvalue weighted by atomic mass is 35.5. The Hall–Kier alpha value is -2.95. The fourth-order valence-corrected chi connectivity index (χ4v) is 5.75. The molecule has 0 aliphatic carbocycles. The Balaban J connectivity index is 1.71. The maximum atomic E-state index is 13.5. The van der Waals surface area contributed by atoms with Crippen molar-refractivity contribution in [2.75, 3.05) is 37.4 Å². The van der Waals surface area contributed by atoms with Crippen LogP contribution in [0.2, 0.25) is 5.02 Å². The van der Waals surface area contributed by atoms with Crippen molar-refractivity contribution in [1.29, 1.82) is 0 Å². The molecule has 3 aromatic rings. The maximum absolute atomic E-state index is 13.5.